The molecule has 0 aromatic heterocycles. The van der Waals surface area contributed by atoms with Crippen molar-refractivity contribution in [1.29, 1.82) is 0 Å². The summed E-state index contributed by atoms with van der Waals surface area (Å²) in [4.78, 5) is 4.43. The van der Waals surface area contributed by atoms with Crippen LogP contribution in [0.25, 0.3) is 0 Å². The highest BCUT2D eigenvalue weighted by Crippen LogP contribution is 2.21. The Labute approximate surface area is 93.2 Å². The number of benzene rings is 1. The van der Waals surface area contributed by atoms with Crippen molar-refractivity contribution in [3.63, 3.8) is 0 Å². The van der Waals surface area contributed by atoms with E-state index >= 15 is 0 Å². The number of nitrogens with one attached hydrogen (secondary N) is 1. The lowest BCUT2D eigenvalue weighted by Gasteiger charge is -2.15. The molecule has 2 heterocycles. The van der Waals surface area contributed by atoms with E-state index in [2.05, 4.69) is 10.3 Å². The minimum absolute atomic E-state index is 0.549. The van der Waals surface area contributed by atoms with E-state index in [0.29, 0.717) is 24.6 Å². The van der Waals surface area contributed by atoms with Crippen LogP contribution in [0.4, 0.5) is 5.69 Å². The zero-order valence-electron chi connectivity index (χ0n) is 8.68. The third kappa shape index (κ3) is 1.31. The summed E-state index contributed by atoms with van der Waals surface area (Å²) < 4.78 is 0.935. The molecule has 4 heteroatoms. The topological polar surface area (TPSA) is 50.5 Å². The minimum Gasteiger partial charge on any atom is -0.710 e. The van der Waals surface area contributed by atoms with Gasteiger partial charge in [0.2, 0.25) is 0 Å². The predicted octanol–water partition coefficient (Wildman–Crippen LogP) is 1.34. The van der Waals surface area contributed by atoms with Gasteiger partial charge in [-0.15, -0.1) is 0 Å². The van der Waals surface area contributed by atoms with Gasteiger partial charge in [-0.25, -0.2) is 4.74 Å². The third-order valence-corrected chi connectivity index (χ3v) is 2.74. The van der Waals surface area contributed by atoms with Crippen LogP contribution in [0.15, 0.2) is 41.4 Å². The lowest BCUT2D eigenvalue weighted by molar-refractivity contribution is -0.361. The summed E-state index contributed by atoms with van der Waals surface area (Å²) in [5, 5.41) is 15.2. The normalized spacial score (nSPS) is 18.1. The number of hydrogen-bond donors (Lipinski definition) is 1. The molecular formula is C12H11N3O. The van der Waals surface area contributed by atoms with E-state index in [9.17, 15) is 5.21 Å². The number of nitrogens with zero attached hydrogens (tertiary/aromatic N) is 2. The fourth-order valence-electron chi connectivity index (χ4n) is 1.93. The predicted molar refractivity (Wildman–Crippen MR) is 63.0 cm³/mol. The van der Waals surface area contributed by atoms with Crippen molar-refractivity contribution in [3.8, 4) is 0 Å². The number of rotatable bonds is 0. The quantitative estimate of drug-likeness (QED) is 0.522. The molecule has 0 aliphatic carbocycles. The minimum atomic E-state index is 0.549. The van der Waals surface area contributed by atoms with Crippen LogP contribution in [0.1, 0.15) is 5.56 Å². The molecule has 0 amide bonds. The SMILES string of the molecule is [O-][N+]1=C2NCC=CC2=NCc2ccccc21. The molecule has 0 radical (unpaired) electrons. The molecule has 0 spiro atoms. The summed E-state index contributed by atoms with van der Waals surface area (Å²) in [5.74, 6) is 0.549. The Balaban J connectivity index is 2.23. The summed E-state index contributed by atoms with van der Waals surface area (Å²) >= 11 is 0. The van der Waals surface area contributed by atoms with Gasteiger partial charge in [-0.3, -0.25) is 10.3 Å². The molecule has 3 rings (SSSR count). The molecule has 0 unspecified atom stereocenters. The summed E-state index contributed by atoms with van der Waals surface area (Å²) in [6.07, 6.45) is 3.86. The Morgan fingerprint density at radius 3 is 3.12 bits per heavy atom. The van der Waals surface area contributed by atoms with Crippen LogP contribution in [-0.2, 0) is 6.54 Å². The second-order valence-corrected chi connectivity index (χ2v) is 3.76. The Morgan fingerprint density at radius 2 is 2.19 bits per heavy atom. The zero-order valence-corrected chi connectivity index (χ0v) is 8.68. The molecule has 0 bridgehead atoms. The average Bonchev–Trinajstić information content (AvgIpc) is 2.49. The average molecular weight is 213 g/mol. The van der Waals surface area contributed by atoms with Crippen LogP contribution in [0, 0.1) is 5.21 Å². The number of para-hydroxylation sites is 1. The Kier molecular flexibility index (Phi) is 1.99. The van der Waals surface area contributed by atoms with Crippen molar-refractivity contribution in [2.75, 3.05) is 6.54 Å². The van der Waals surface area contributed by atoms with Crippen LogP contribution in [0.5, 0.6) is 0 Å². The maximum atomic E-state index is 12.2. The van der Waals surface area contributed by atoms with Crippen molar-refractivity contribution in [2.24, 2.45) is 4.99 Å². The smallest absolute Gasteiger partial charge is 0.304 e. The van der Waals surface area contributed by atoms with Gasteiger partial charge in [-0.05, 0) is 18.2 Å². The number of amidine groups is 1. The highest BCUT2D eigenvalue weighted by Gasteiger charge is 2.22. The fourth-order valence-corrected chi connectivity index (χ4v) is 1.93. The molecule has 16 heavy (non-hydrogen) atoms. The number of fused-ring (bicyclic) bond motifs is 2. The van der Waals surface area contributed by atoms with Gasteiger partial charge in [-0.1, -0.05) is 18.2 Å². The van der Waals surface area contributed by atoms with Crippen molar-refractivity contribution in [2.45, 2.75) is 6.54 Å². The molecule has 1 aromatic carbocycles. The van der Waals surface area contributed by atoms with Gasteiger partial charge in [0.1, 0.15) is 17.9 Å². The maximum absolute atomic E-state index is 12.2. The van der Waals surface area contributed by atoms with Crippen molar-refractivity contribution in [1.82, 2.24) is 5.32 Å². The molecule has 0 saturated heterocycles. The van der Waals surface area contributed by atoms with Crippen molar-refractivity contribution in [3.05, 3.63) is 47.2 Å². The second kappa shape index (κ2) is 3.48. The van der Waals surface area contributed by atoms with Crippen LogP contribution in [-0.4, -0.2) is 22.8 Å². The standard InChI is InChI=1S/C12H11N3O/c16-15-11-6-2-1-4-9(11)8-14-10-5-3-7-13-12(10)15/h1-6,13H,7-8H2. The molecule has 2 aliphatic heterocycles. The first-order valence-corrected chi connectivity index (χ1v) is 5.23. The first-order valence-electron chi connectivity index (χ1n) is 5.23. The highest BCUT2D eigenvalue weighted by atomic mass is 16.5. The Morgan fingerprint density at radius 1 is 1.31 bits per heavy atom. The number of hydrogen-bond acceptors (Lipinski definition) is 3. The van der Waals surface area contributed by atoms with E-state index in [1.54, 1.807) is 0 Å². The first kappa shape index (κ1) is 9.15. The van der Waals surface area contributed by atoms with E-state index < -0.39 is 0 Å². The summed E-state index contributed by atoms with van der Waals surface area (Å²) in [6, 6.07) is 7.56. The Hall–Kier alpha value is -2.10. The van der Waals surface area contributed by atoms with Crippen molar-refractivity contribution < 1.29 is 4.74 Å². The molecule has 2 aliphatic rings. The monoisotopic (exact) mass is 213 g/mol. The van der Waals surface area contributed by atoms with E-state index in [4.69, 9.17) is 0 Å². The van der Waals surface area contributed by atoms with Crippen molar-refractivity contribution >= 4 is 17.2 Å². The van der Waals surface area contributed by atoms with Crippen LogP contribution in [0.2, 0.25) is 0 Å². The molecular weight excluding hydrogens is 202 g/mol. The van der Waals surface area contributed by atoms with E-state index in [1.165, 1.54) is 0 Å². The first-order chi connectivity index (χ1) is 7.86. The molecule has 0 fully saturated rings. The van der Waals surface area contributed by atoms with Crippen LogP contribution in [0.3, 0.4) is 0 Å². The third-order valence-electron chi connectivity index (χ3n) is 2.74. The van der Waals surface area contributed by atoms with Crippen LogP contribution < -0.4 is 5.32 Å². The van der Waals surface area contributed by atoms with E-state index in [-0.39, 0.29) is 0 Å². The van der Waals surface area contributed by atoms with Gasteiger partial charge in [0, 0.05) is 5.56 Å². The molecule has 0 atom stereocenters. The van der Waals surface area contributed by atoms with E-state index in [0.717, 1.165) is 16.0 Å². The summed E-state index contributed by atoms with van der Waals surface area (Å²) in [7, 11) is 0. The Bertz CT molecular complexity index is 529. The fraction of sp³-hybridized carbons (Fsp3) is 0.167. The highest BCUT2D eigenvalue weighted by molar-refractivity contribution is 6.44. The van der Waals surface area contributed by atoms with Gasteiger partial charge >= 0.3 is 5.84 Å². The zero-order chi connectivity index (χ0) is 11.0. The molecule has 80 valence electrons. The maximum Gasteiger partial charge on any atom is 0.304 e. The number of aliphatic imine (C=N–C) groups is 1. The van der Waals surface area contributed by atoms with Gasteiger partial charge < -0.3 is 5.21 Å². The summed E-state index contributed by atoms with van der Waals surface area (Å²) in [5.41, 5.74) is 2.37. The van der Waals surface area contributed by atoms with Gasteiger partial charge in [-0.2, -0.15) is 0 Å². The van der Waals surface area contributed by atoms with Gasteiger partial charge in [0.15, 0.2) is 0 Å². The van der Waals surface area contributed by atoms with Gasteiger partial charge in [0.05, 0.1) is 6.54 Å². The molecule has 4 nitrogen and oxygen atoms in total. The largest absolute Gasteiger partial charge is 0.710 e. The lowest BCUT2D eigenvalue weighted by atomic mass is 10.2. The molecule has 0 saturated carbocycles. The van der Waals surface area contributed by atoms with Gasteiger partial charge in [0.25, 0.3) is 0 Å². The van der Waals surface area contributed by atoms with E-state index in [1.807, 2.05) is 36.4 Å². The lowest BCUT2D eigenvalue weighted by Crippen LogP contribution is -2.38. The molecule has 1 N–H and O–H groups in total. The van der Waals surface area contributed by atoms with Crippen LogP contribution >= 0.6 is 0 Å². The summed E-state index contributed by atoms with van der Waals surface area (Å²) in [6.45, 7) is 1.23. The molecule has 1 aromatic rings. The second-order valence-electron chi connectivity index (χ2n) is 3.76.